The molecule has 1 unspecified atom stereocenters. The smallest absolute Gasteiger partial charge is 0.265 e. The molecule has 21 heavy (non-hydrogen) atoms. The maximum atomic E-state index is 12.2. The van der Waals surface area contributed by atoms with E-state index in [4.69, 9.17) is 5.73 Å². The first-order chi connectivity index (χ1) is 10.1. The SMILES string of the molecule is Nc1nc(NC2CCC2)sc1C(=O)NC1CCC(=O)NC1. The second kappa shape index (κ2) is 5.88. The fraction of sp³-hybridized carbons (Fsp3) is 0.615. The van der Waals surface area contributed by atoms with Crippen LogP contribution in [0.1, 0.15) is 41.8 Å². The van der Waals surface area contributed by atoms with E-state index in [-0.39, 0.29) is 23.7 Å². The predicted octanol–water partition coefficient (Wildman–Crippen LogP) is 0.698. The summed E-state index contributed by atoms with van der Waals surface area (Å²) >= 11 is 1.29. The van der Waals surface area contributed by atoms with Crippen LogP contribution in [0.5, 0.6) is 0 Å². The highest BCUT2D eigenvalue weighted by molar-refractivity contribution is 7.18. The van der Waals surface area contributed by atoms with Crippen LogP contribution in [0.15, 0.2) is 0 Å². The Morgan fingerprint density at radius 2 is 2.14 bits per heavy atom. The number of carbonyl (C=O) groups is 2. The molecule has 2 fully saturated rings. The summed E-state index contributed by atoms with van der Waals surface area (Å²) in [4.78, 5) is 28.0. The highest BCUT2D eigenvalue weighted by Gasteiger charge is 2.24. The average Bonchev–Trinajstić information content (AvgIpc) is 2.78. The second-order valence-corrected chi connectivity index (χ2v) is 6.52. The molecular formula is C13H19N5O2S. The Hall–Kier alpha value is -1.83. The fourth-order valence-corrected chi connectivity index (χ4v) is 3.26. The number of carbonyl (C=O) groups excluding carboxylic acids is 2. The fourth-order valence-electron chi connectivity index (χ4n) is 2.39. The second-order valence-electron chi connectivity index (χ2n) is 5.52. The van der Waals surface area contributed by atoms with Gasteiger partial charge in [-0.2, -0.15) is 0 Å². The molecule has 0 radical (unpaired) electrons. The summed E-state index contributed by atoms with van der Waals surface area (Å²) in [5, 5.41) is 9.64. The first kappa shape index (κ1) is 14.1. The van der Waals surface area contributed by atoms with Crippen molar-refractivity contribution in [1.29, 1.82) is 0 Å². The van der Waals surface area contributed by atoms with Crippen molar-refractivity contribution in [3.63, 3.8) is 0 Å². The lowest BCUT2D eigenvalue weighted by Crippen LogP contribution is -2.47. The van der Waals surface area contributed by atoms with Gasteiger partial charge < -0.3 is 21.7 Å². The number of rotatable bonds is 4. The summed E-state index contributed by atoms with van der Waals surface area (Å²) < 4.78 is 0. The largest absolute Gasteiger partial charge is 0.382 e. The van der Waals surface area contributed by atoms with Gasteiger partial charge >= 0.3 is 0 Å². The Bertz CT molecular complexity index is 545. The van der Waals surface area contributed by atoms with E-state index in [2.05, 4.69) is 20.9 Å². The van der Waals surface area contributed by atoms with Crippen LogP contribution in [0.4, 0.5) is 10.9 Å². The molecule has 3 rings (SSSR count). The topological polar surface area (TPSA) is 109 Å². The minimum atomic E-state index is -0.215. The number of nitrogens with one attached hydrogen (secondary N) is 3. The lowest BCUT2D eigenvalue weighted by atomic mass is 9.93. The molecule has 0 spiro atoms. The van der Waals surface area contributed by atoms with Gasteiger partial charge in [-0.25, -0.2) is 4.98 Å². The first-order valence-corrected chi connectivity index (χ1v) is 8.04. The molecule has 8 heteroatoms. The zero-order chi connectivity index (χ0) is 14.8. The van der Waals surface area contributed by atoms with Gasteiger partial charge in [-0.15, -0.1) is 0 Å². The number of thiazole rings is 1. The molecule has 1 saturated carbocycles. The molecule has 1 aromatic heterocycles. The van der Waals surface area contributed by atoms with E-state index in [1.165, 1.54) is 17.8 Å². The third kappa shape index (κ3) is 3.26. The normalized spacial score (nSPS) is 22.3. The predicted molar refractivity (Wildman–Crippen MR) is 81.3 cm³/mol. The van der Waals surface area contributed by atoms with Crippen molar-refractivity contribution >= 4 is 34.1 Å². The van der Waals surface area contributed by atoms with Gasteiger partial charge in [-0.05, 0) is 25.7 Å². The van der Waals surface area contributed by atoms with Gasteiger partial charge in [0.05, 0.1) is 0 Å². The zero-order valence-corrected chi connectivity index (χ0v) is 12.5. The third-order valence-electron chi connectivity index (χ3n) is 3.89. The Morgan fingerprint density at radius 1 is 1.33 bits per heavy atom. The van der Waals surface area contributed by atoms with Gasteiger partial charge in [-0.1, -0.05) is 11.3 Å². The Balaban J connectivity index is 1.59. The number of nitrogens with two attached hydrogens (primary N) is 1. The molecule has 1 aliphatic carbocycles. The van der Waals surface area contributed by atoms with Crippen molar-refractivity contribution in [3.8, 4) is 0 Å². The Morgan fingerprint density at radius 3 is 2.76 bits per heavy atom. The molecule has 0 aromatic carbocycles. The number of piperidine rings is 1. The molecule has 1 saturated heterocycles. The Kier molecular flexibility index (Phi) is 3.96. The molecule has 2 heterocycles. The van der Waals surface area contributed by atoms with E-state index in [1.807, 2.05) is 0 Å². The highest BCUT2D eigenvalue weighted by atomic mass is 32.1. The number of aromatic nitrogens is 1. The number of nitrogens with zero attached hydrogens (tertiary/aromatic N) is 1. The van der Waals surface area contributed by atoms with Crippen LogP contribution in [0, 0.1) is 0 Å². The first-order valence-electron chi connectivity index (χ1n) is 7.22. The average molecular weight is 309 g/mol. The summed E-state index contributed by atoms with van der Waals surface area (Å²) in [6.07, 6.45) is 4.62. The summed E-state index contributed by atoms with van der Waals surface area (Å²) in [6.45, 7) is 0.469. The molecule has 1 aliphatic heterocycles. The molecule has 114 valence electrons. The van der Waals surface area contributed by atoms with Gasteiger partial charge in [0.15, 0.2) is 5.13 Å². The number of hydrogen-bond donors (Lipinski definition) is 4. The lowest BCUT2D eigenvalue weighted by Gasteiger charge is -2.25. The maximum Gasteiger partial charge on any atom is 0.265 e. The van der Waals surface area contributed by atoms with Crippen molar-refractivity contribution in [2.24, 2.45) is 0 Å². The van der Waals surface area contributed by atoms with E-state index < -0.39 is 0 Å². The molecular weight excluding hydrogens is 290 g/mol. The molecule has 7 nitrogen and oxygen atoms in total. The minimum Gasteiger partial charge on any atom is -0.382 e. The summed E-state index contributed by atoms with van der Waals surface area (Å²) in [5.74, 6) is 0.0803. The summed E-state index contributed by atoms with van der Waals surface area (Å²) in [5.41, 5.74) is 5.83. The number of amides is 2. The van der Waals surface area contributed by atoms with Crippen molar-refractivity contribution in [2.45, 2.75) is 44.2 Å². The van der Waals surface area contributed by atoms with Gasteiger partial charge in [0, 0.05) is 25.0 Å². The lowest BCUT2D eigenvalue weighted by molar-refractivity contribution is -0.122. The van der Waals surface area contributed by atoms with Crippen LogP contribution < -0.4 is 21.7 Å². The maximum absolute atomic E-state index is 12.2. The molecule has 2 aliphatic rings. The van der Waals surface area contributed by atoms with Gasteiger partial charge in [0.25, 0.3) is 5.91 Å². The molecule has 5 N–H and O–H groups in total. The monoisotopic (exact) mass is 309 g/mol. The third-order valence-corrected chi connectivity index (χ3v) is 4.89. The molecule has 1 aromatic rings. The molecule has 0 bridgehead atoms. The van der Waals surface area contributed by atoms with Crippen molar-refractivity contribution in [2.75, 3.05) is 17.6 Å². The van der Waals surface area contributed by atoms with Crippen LogP contribution in [0.25, 0.3) is 0 Å². The number of nitrogen functional groups attached to an aromatic ring is 1. The van der Waals surface area contributed by atoms with E-state index >= 15 is 0 Å². The summed E-state index contributed by atoms with van der Waals surface area (Å²) in [7, 11) is 0. The van der Waals surface area contributed by atoms with Crippen molar-refractivity contribution < 1.29 is 9.59 Å². The van der Waals surface area contributed by atoms with Crippen LogP contribution in [-0.4, -0.2) is 35.4 Å². The van der Waals surface area contributed by atoms with Crippen molar-refractivity contribution in [3.05, 3.63) is 4.88 Å². The number of anilines is 2. The van der Waals surface area contributed by atoms with Crippen LogP contribution in [0.3, 0.4) is 0 Å². The standard InChI is InChI=1S/C13H19N5O2S/c14-11-10(21-13(18-11)17-7-2-1-3-7)12(20)16-8-4-5-9(19)15-6-8/h7-8H,1-6,14H2,(H,15,19)(H,16,20)(H,17,18). The Labute approximate surface area is 126 Å². The van der Waals surface area contributed by atoms with E-state index in [1.54, 1.807) is 0 Å². The van der Waals surface area contributed by atoms with Crippen molar-refractivity contribution in [1.82, 2.24) is 15.6 Å². The van der Waals surface area contributed by atoms with Crippen LogP contribution >= 0.6 is 11.3 Å². The van der Waals surface area contributed by atoms with Gasteiger partial charge in [-0.3, -0.25) is 9.59 Å². The van der Waals surface area contributed by atoms with E-state index in [9.17, 15) is 9.59 Å². The van der Waals surface area contributed by atoms with E-state index in [0.717, 1.165) is 12.8 Å². The van der Waals surface area contributed by atoms with Gasteiger partial charge in [0.1, 0.15) is 10.7 Å². The molecule has 2 amide bonds. The zero-order valence-electron chi connectivity index (χ0n) is 11.6. The van der Waals surface area contributed by atoms with Gasteiger partial charge in [0.2, 0.25) is 5.91 Å². The highest BCUT2D eigenvalue weighted by Crippen LogP contribution is 2.29. The molecule has 1 atom stereocenters. The van der Waals surface area contributed by atoms with Crippen LogP contribution in [0.2, 0.25) is 0 Å². The summed E-state index contributed by atoms with van der Waals surface area (Å²) in [6, 6.07) is 0.416. The van der Waals surface area contributed by atoms with E-state index in [0.29, 0.717) is 35.4 Å². The number of hydrogen-bond acceptors (Lipinski definition) is 6. The van der Waals surface area contributed by atoms with Crippen LogP contribution in [-0.2, 0) is 4.79 Å². The quantitative estimate of drug-likeness (QED) is 0.654. The minimum absolute atomic E-state index is 0.0322.